The smallest absolute Gasteiger partial charge is 0.241 e. The molecule has 24 heavy (non-hydrogen) atoms. The topological polar surface area (TPSA) is 97.0 Å². The van der Waals surface area contributed by atoms with Crippen LogP contribution in [0.5, 0.6) is 0 Å². The van der Waals surface area contributed by atoms with Crippen molar-refractivity contribution in [3.8, 4) is 0 Å². The highest BCUT2D eigenvalue weighted by Crippen LogP contribution is 2.16. The molecule has 0 aliphatic carbocycles. The second-order valence-electron chi connectivity index (χ2n) is 5.73. The van der Waals surface area contributed by atoms with E-state index >= 15 is 0 Å². The van der Waals surface area contributed by atoms with Crippen LogP contribution < -0.4 is 10.6 Å². The summed E-state index contributed by atoms with van der Waals surface area (Å²) < 4.78 is 3.61. The van der Waals surface area contributed by atoms with E-state index in [1.807, 2.05) is 11.6 Å². The van der Waals surface area contributed by atoms with Gasteiger partial charge in [0.25, 0.3) is 0 Å². The number of aryl methyl sites for hydroxylation is 2. The van der Waals surface area contributed by atoms with E-state index in [-0.39, 0.29) is 25.6 Å². The summed E-state index contributed by atoms with van der Waals surface area (Å²) in [6, 6.07) is 0. The Hall–Kier alpha value is -2.35. The zero-order valence-electron chi connectivity index (χ0n) is 14.5. The van der Waals surface area contributed by atoms with E-state index in [1.165, 1.54) is 11.3 Å². The van der Waals surface area contributed by atoms with Crippen molar-refractivity contribution in [3.05, 3.63) is 29.3 Å². The molecule has 0 aliphatic rings. The molecule has 0 saturated carbocycles. The number of aliphatic hydroxyl groups excluding tert-OH is 1. The van der Waals surface area contributed by atoms with Crippen molar-refractivity contribution in [2.75, 3.05) is 18.5 Å². The molecule has 2 rings (SSSR count). The van der Waals surface area contributed by atoms with Crippen LogP contribution in [-0.4, -0.2) is 43.7 Å². The van der Waals surface area contributed by atoms with Crippen molar-refractivity contribution < 1.29 is 9.90 Å². The third-order valence-electron chi connectivity index (χ3n) is 3.81. The van der Waals surface area contributed by atoms with Gasteiger partial charge in [-0.25, -0.2) is 0 Å². The number of nitrogens with zero attached hydrogens (tertiary/aromatic N) is 4. The lowest BCUT2D eigenvalue weighted by Crippen LogP contribution is -2.30. The van der Waals surface area contributed by atoms with Crippen molar-refractivity contribution >= 4 is 11.6 Å². The molecule has 8 heteroatoms. The maximum atomic E-state index is 11.6. The van der Waals surface area contributed by atoms with Gasteiger partial charge in [0.05, 0.1) is 24.2 Å². The van der Waals surface area contributed by atoms with Gasteiger partial charge in [0.1, 0.15) is 6.54 Å². The predicted octanol–water partition coefficient (Wildman–Crippen LogP) is 0.827. The van der Waals surface area contributed by atoms with Gasteiger partial charge in [-0.2, -0.15) is 10.2 Å². The van der Waals surface area contributed by atoms with Gasteiger partial charge in [0, 0.05) is 37.1 Å². The molecule has 2 aromatic heterocycles. The van der Waals surface area contributed by atoms with Crippen LogP contribution in [-0.2, 0) is 24.4 Å². The van der Waals surface area contributed by atoms with Crippen molar-refractivity contribution in [2.24, 2.45) is 0 Å². The Morgan fingerprint density at radius 2 is 2.17 bits per heavy atom. The number of rotatable bonds is 9. The molecule has 132 valence electrons. The molecule has 0 aliphatic heterocycles. The van der Waals surface area contributed by atoms with E-state index in [0.717, 1.165) is 24.3 Å². The first-order valence-corrected chi connectivity index (χ1v) is 8.22. The second-order valence-corrected chi connectivity index (χ2v) is 5.73. The van der Waals surface area contributed by atoms with E-state index in [2.05, 4.69) is 34.7 Å². The number of carbonyl (C=O) groups is 1. The van der Waals surface area contributed by atoms with Gasteiger partial charge in [0.15, 0.2) is 0 Å². The molecule has 2 heterocycles. The number of aliphatic hydroxyl groups is 1. The van der Waals surface area contributed by atoms with Gasteiger partial charge in [-0.05, 0) is 20.3 Å². The van der Waals surface area contributed by atoms with Crippen LogP contribution in [0, 0.1) is 13.8 Å². The number of nitrogens with one attached hydrogen (secondary N) is 2. The molecular weight excluding hydrogens is 308 g/mol. The third kappa shape index (κ3) is 4.58. The number of hydrogen-bond acceptors (Lipinski definition) is 5. The molecule has 0 bridgehead atoms. The van der Waals surface area contributed by atoms with Gasteiger partial charge < -0.3 is 15.7 Å². The monoisotopic (exact) mass is 334 g/mol. The quantitative estimate of drug-likeness (QED) is 0.631. The standard InChI is InChI=1S/C16H26N6O2/c1-4-6-22-13(3)15(12(2)20-22)9-18-14-8-19-21(10-14)11-16(24)17-5-7-23/h8,10,18,23H,4-7,9,11H2,1-3H3,(H,17,24). The number of amides is 1. The minimum atomic E-state index is -0.175. The van der Waals surface area contributed by atoms with Gasteiger partial charge >= 0.3 is 0 Å². The summed E-state index contributed by atoms with van der Waals surface area (Å²) in [4.78, 5) is 11.6. The first-order chi connectivity index (χ1) is 11.5. The molecule has 0 atom stereocenters. The maximum Gasteiger partial charge on any atom is 0.241 e. The zero-order valence-corrected chi connectivity index (χ0v) is 14.5. The molecule has 0 aromatic carbocycles. The predicted molar refractivity (Wildman–Crippen MR) is 91.6 cm³/mol. The highest BCUT2D eigenvalue weighted by molar-refractivity contribution is 5.75. The summed E-state index contributed by atoms with van der Waals surface area (Å²) in [5.74, 6) is -0.175. The minimum absolute atomic E-state index is 0.0674. The van der Waals surface area contributed by atoms with Crippen LogP contribution in [0.3, 0.4) is 0 Å². The van der Waals surface area contributed by atoms with Crippen LogP contribution in [0.4, 0.5) is 5.69 Å². The molecule has 1 amide bonds. The Bertz CT molecular complexity index is 676. The van der Waals surface area contributed by atoms with Gasteiger partial charge in [0.2, 0.25) is 5.91 Å². The van der Waals surface area contributed by atoms with E-state index in [9.17, 15) is 4.79 Å². The third-order valence-corrected chi connectivity index (χ3v) is 3.81. The molecule has 3 N–H and O–H groups in total. The summed E-state index contributed by atoms with van der Waals surface area (Å²) in [5, 5.41) is 23.3. The fraction of sp³-hybridized carbons (Fsp3) is 0.562. The van der Waals surface area contributed by atoms with Crippen molar-refractivity contribution in [1.29, 1.82) is 0 Å². The second kappa shape index (κ2) is 8.49. The summed E-state index contributed by atoms with van der Waals surface area (Å²) in [6.45, 7) is 8.16. The number of hydrogen-bond donors (Lipinski definition) is 3. The Morgan fingerprint density at radius 3 is 2.88 bits per heavy atom. The van der Waals surface area contributed by atoms with Crippen LogP contribution >= 0.6 is 0 Å². The molecular formula is C16H26N6O2. The molecule has 0 radical (unpaired) electrons. The highest BCUT2D eigenvalue weighted by atomic mass is 16.3. The van der Waals surface area contributed by atoms with Crippen molar-refractivity contribution in [2.45, 2.75) is 46.8 Å². The molecule has 0 unspecified atom stereocenters. The molecule has 0 saturated heterocycles. The van der Waals surface area contributed by atoms with E-state index in [0.29, 0.717) is 6.54 Å². The summed E-state index contributed by atoms with van der Waals surface area (Å²) in [7, 11) is 0. The SMILES string of the molecule is CCCn1nc(C)c(CNc2cnn(CC(=O)NCCO)c2)c1C. The van der Waals surface area contributed by atoms with E-state index in [4.69, 9.17) is 5.11 Å². The van der Waals surface area contributed by atoms with Crippen LogP contribution in [0.25, 0.3) is 0 Å². The van der Waals surface area contributed by atoms with Crippen LogP contribution in [0.2, 0.25) is 0 Å². The fourth-order valence-electron chi connectivity index (χ4n) is 2.55. The fourth-order valence-corrected chi connectivity index (χ4v) is 2.55. The van der Waals surface area contributed by atoms with Gasteiger partial charge in [-0.3, -0.25) is 14.2 Å². The Labute approximate surface area is 141 Å². The first-order valence-electron chi connectivity index (χ1n) is 8.22. The lowest BCUT2D eigenvalue weighted by Gasteiger charge is -2.06. The van der Waals surface area contributed by atoms with Gasteiger partial charge in [-0.15, -0.1) is 0 Å². The minimum Gasteiger partial charge on any atom is -0.395 e. The first kappa shape index (κ1) is 18.0. The van der Waals surface area contributed by atoms with Crippen molar-refractivity contribution in [3.63, 3.8) is 0 Å². The largest absolute Gasteiger partial charge is 0.395 e. The van der Waals surface area contributed by atoms with Crippen molar-refractivity contribution in [1.82, 2.24) is 24.9 Å². The lowest BCUT2D eigenvalue weighted by molar-refractivity contribution is -0.122. The summed E-state index contributed by atoms with van der Waals surface area (Å²) >= 11 is 0. The molecule has 0 fully saturated rings. The maximum absolute atomic E-state index is 11.6. The Kier molecular flexibility index (Phi) is 6.36. The average molecular weight is 334 g/mol. The number of carbonyl (C=O) groups excluding carboxylic acids is 1. The molecule has 0 spiro atoms. The van der Waals surface area contributed by atoms with E-state index in [1.54, 1.807) is 17.1 Å². The van der Waals surface area contributed by atoms with Crippen LogP contribution in [0.1, 0.15) is 30.3 Å². The molecule has 2 aromatic rings. The highest BCUT2D eigenvalue weighted by Gasteiger charge is 2.11. The van der Waals surface area contributed by atoms with E-state index < -0.39 is 0 Å². The average Bonchev–Trinajstić information content (AvgIpc) is 3.09. The summed E-state index contributed by atoms with van der Waals surface area (Å²) in [6.07, 6.45) is 4.54. The van der Waals surface area contributed by atoms with Crippen LogP contribution in [0.15, 0.2) is 12.4 Å². The zero-order chi connectivity index (χ0) is 17.5. The molecule has 8 nitrogen and oxygen atoms in total. The van der Waals surface area contributed by atoms with Gasteiger partial charge in [-0.1, -0.05) is 6.92 Å². The number of aromatic nitrogens is 4. The normalized spacial score (nSPS) is 10.8. The summed E-state index contributed by atoms with van der Waals surface area (Å²) in [5.41, 5.74) is 4.26. The Balaban J connectivity index is 1.92. The Morgan fingerprint density at radius 1 is 1.38 bits per heavy atom. The lowest BCUT2D eigenvalue weighted by atomic mass is 10.2. The number of anilines is 1.